The van der Waals surface area contributed by atoms with Crippen molar-refractivity contribution in [1.29, 1.82) is 0 Å². The summed E-state index contributed by atoms with van der Waals surface area (Å²) in [7, 11) is 0. The molecule has 0 aliphatic heterocycles. The summed E-state index contributed by atoms with van der Waals surface area (Å²) < 4.78 is 6.37. The summed E-state index contributed by atoms with van der Waals surface area (Å²) in [5.41, 5.74) is 0.862. The lowest BCUT2D eigenvalue weighted by molar-refractivity contribution is 0.241. The molecule has 1 rings (SSSR count). The summed E-state index contributed by atoms with van der Waals surface area (Å²) >= 11 is 9.26. The highest BCUT2D eigenvalue weighted by atomic mass is 79.9. The van der Waals surface area contributed by atoms with E-state index in [-0.39, 0.29) is 6.10 Å². The first kappa shape index (κ1) is 10.8. The third-order valence-electron chi connectivity index (χ3n) is 1.44. The molecular weight excluding hydrogens is 253 g/mol. The Morgan fingerprint density at radius 1 is 1.54 bits per heavy atom. The lowest BCUT2D eigenvalue weighted by atomic mass is 10.3. The maximum atomic E-state index is 5.89. The maximum absolute atomic E-state index is 5.89. The first-order valence-electron chi connectivity index (χ1n) is 4.00. The molecule has 2 nitrogen and oxygen atoms in total. The van der Waals surface area contributed by atoms with E-state index < -0.39 is 0 Å². The minimum absolute atomic E-state index is 0.105. The van der Waals surface area contributed by atoms with Crippen molar-refractivity contribution in [3.05, 3.63) is 21.4 Å². The van der Waals surface area contributed by atoms with Gasteiger partial charge in [-0.1, -0.05) is 11.6 Å². The molecule has 0 spiro atoms. The summed E-state index contributed by atoms with van der Waals surface area (Å²) in [4.78, 5) is 4.12. The minimum atomic E-state index is 0.105. The molecule has 72 valence electrons. The first-order chi connectivity index (χ1) is 6.00. The van der Waals surface area contributed by atoms with Gasteiger partial charge < -0.3 is 4.74 Å². The summed E-state index contributed by atoms with van der Waals surface area (Å²) in [5, 5.41) is 0.411. The van der Waals surface area contributed by atoms with Crippen molar-refractivity contribution in [2.45, 2.75) is 26.9 Å². The zero-order valence-electron chi connectivity index (χ0n) is 7.77. The monoisotopic (exact) mass is 263 g/mol. The quantitative estimate of drug-likeness (QED) is 0.762. The van der Waals surface area contributed by atoms with Crippen LogP contribution in [0.1, 0.15) is 19.5 Å². The number of rotatable bonds is 2. The Kier molecular flexibility index (Phi) is 3.56. The smallest absolute Gasteiger partial charge is 0.171 e. The summed E-state index contributed by atoms with van der Waals surface area (Å²) in [6.45, 7) is 5.78. The SMILES string of the molecule is Cc1nc(Cl)c(OC(C)C)cc1Br. The molecule has 1 heterocycles. The van der Waals surface area contributed by atoms with Gasteiger partial charge in [0.15, 0.2) is 10.9 Å². The molecule has 0 aliphatic rings. The molecule has 1 aromatic heterocycles. The minimum Gasteiger partial charge on any atom is -0.488 e. The number of nitrogens with zero attached hydrogens (tertiary/aromatic N) is 1. The second-order valence-electron chi connectivity index (χ2n) is 3.01. The number of pyridine rings is 1. The number of ether oxygens (including phenoxy) is 1. The van der Waals surface area contributed by atoms with Crippen molar-refractivity contribution in [3.8, 4) is 5.75 Å². The molecule has 0 aliphatic carbocycles. The third kappa shape index (κ3) is 2.85. The average molecular weight is 265 g/mol. The molecule has 0 saturated carbocycles. The number of aromatic nitrogens is 1. The lowest BCUT2D eigenvalue weighted by Gasteiger charge is -2.11. The largest absolute Gasteiger partial charge is 0.488 e. The van der Waals surface area contributed by atoms with Crippen LogP contribution in [0.5, 0.6) is 5.75 Å². The fraction of sp³-hybridized carbons (Fsp3) is 0.444. The molecule has 0 bridgehead atoms. The second kappa shape index (κ2) is 4.29. The molecule has 0 saturated heterocycles. The van der Waals surface area contributed by atoms with E-state index in [0.29, 0.717) is 10.9 Å². The van der Waals surface area contributed by atoms with E-state index in [1.165, 1.54) is 0 Å². The molecule has 4 heteroatoms. The fourth-order valence-electron chi connectivity index (χ4n) is 0.871. The predicted molar refractivity (Wildman–Crippen MR) is 57.4 cm³/mol. The van der Waals surface area contributed by atoms with Gasteiger partial charge in [0.1, 0.15) is 0 Å². The second-order valence-corrected chi connectivity index (χ2v) is 4.22. The molecule has 0 unspecified atom stereocenters. The van der Waals surface area contributed by atoms with E-state index in [9.17, 15) is 0 Å². The van der Waals surface area contributed by atoms with E-state index in [1.807, 2.05) is 26.8 Å². The van der Waals surface area contributed by atoms with Gasteiger partial charge in [-0.2, -0.15) is 0 Å². The van der Waals surface area contributed by atoms with Crippen LogP contribution in [0.15, 0.2) is 10.5 Å². The van der Waals surface area contributed by atoms with Crippen molar-refractivity contribution in [2.24, 2.45) is 0 Å². The summed E-state index contributed by atoms with van der Waals surface area (Å²) in [5.74, 6) is 0.620. The van der Waals surface area contributed by atoms with Crippen LogP contribution in [0.2, 0.25) is 5.15 Å². The number of halogens is 2. The van der Waals surface area contributed by atoms with Gasteiger partial charge in [-0.25, -0.2) is 4.98 Å². The predicted octanol–water partition coefficient (Wildman–Crippen LogP) is 3.59. The van der Waals surface area contributed by atoms with Crippen molar-refractivity contribution in [1.82, 2.24) is 4.98 Å². The van der Waals surface area contributed by atoms with E-state index in [4.69, 9.17) is 16.3 Å². The topological polar surface area (TPSA) is 22.1 Å². The molecule has 0 atom stereocenters. The van der Waals surface area contributed by atoms with Crippen molar-refractivity contribution >= 4 is 27.5 Å². The van der Waals surface area contributed by atoms with E-state index >= 15 is 0 Å². The van der Waals surface area contributed by atoms with Gasteiger partial charge in [-0.15, -0.1) is 0 Å². The number of hydrogen-bond donors (Lipinski definition) is 0. The third-order valence-corrected chi connectivity index (χ3v) is 2.51. The van der Waals surface area contributed by atoms with Gasteiger partial charge in [0.05, 0.1) is 11.8 Å². The molecular formula is C9H11BrClNO. The van der Waals surface area contributed by atoms with E-state index in [2.05, 4.69) is 20.9 Å². The van der Waals surface area contributed by atoms with Crippen LogP contribution < -0.4 is 4.74 Å². The molecule has 0 amide bonds. The normalized spacial score (nSPS) is 10.6. The molecule has 0 fully saturated rings. The highest BCUT2D eigenvalue weighted by molar-refractivity contribution is 9.10. The molecule has 0 aromatic carbocycles. The van der Waals surface area contributed by atoms with E-state index in [1.54, 1.807) is 0 Å². The highest BCUT2D eigenvalue weighted by Gasteiger charge is 2.08. The Balaban J connectivity index is 3.01. The fourth-order valence-corrected chi connectivity index (χ4v) is 1.39. The Labute approximate surface area is 91.4 Å². The van der Waals surface area contributed by atoms with Crippen LogP contribution in [0.3, 0.4) is 0 Å². The summed E-state index contributed by atoms with van der Waals surface area (Å²) in [6, 6.07) is 1.84. The Morgan fingerprint density at radius 2 is 2.15 bits per heavy atom. The molecule has 0 N–H and O–H groups in total. The van der Waals surface area contributed by atoms with Crippen LogP contribution in [0.4, 0.5) is 0 Å². The molecule has 0 radical (unpaired) electrons. The molecule has 1 aromatic rings. The highest BCUT2D eigenvalue weighted by Crippen LogP contribution is 2.28. The molecule has 13 heavy (non-hydrogen) atoms. The standard InChI is InChI=1S/C9H11BrClNO/c1-5(2)13-8-4-7(10)6(3)12-9(8)11/h4-5H,1-3H3. The van der Waals surface area contributed by atoms with Crippen LogP contribution in [-0.4, -0.2) is 11.1 Å². The van der Waals surface area contributed by atoms with E-state index in [0.717, 1.165) is 10.2 Å². The first-order valence-corrected chi connectivity index (χ1v) is 5.17. The number of hydrogen-bond acceptors (Lipinski definition) is 2. The van der Waals surface area contributed by atoms with Crippen molar-refractivity contribution < 1.29 is 4.74 Å². The van der Waals surface area contributed by atoms with Crippen LogP contribution in [-0.2, 0) is 0 Å². The maximum Gasteiger partial charge on any atom is 0.171 e. The van der Waals surface area contributed by atoms with Gasteiger partial charge in [-0.3, -0.25) is 0 Å². The van der Waals surface area contributed by atoms with Gasteiger partial charge >= 0.3 is 0 Å². The Bertz CT molecular complexity index is 315. The van der Waals surface area contributed by atoms with Crippen molar-refractivity contribution in [2.75, 3.05) is 0 Å². The summed E-state index contributed by atoms with van der Waals surface area (Å²) in [6.07, 6.45) is 0.105. The average Bonchev–Trinajstić information content (AvgIpc) is 1.99. The van der Waals surface area contributed by atoms with Crippen molar-refractivity contribution in [3.63, 3.8) is 0 Å². The van der Waals surface area contributed by atoms with Gasteiger partial charge in [0.2, 0.25) is 0 Å². The number of aryl methyl sites for hydroxylation is 1. The van der Waals surface area contributed by atoms with Gasteiger partial charge in [0, 0.05) is 4.47 Å². The van der Waals surface area contributed by atoms with Crippen LogP contribution in [0, 0.1) is 6.92 Å². The van der Waals surface area contributed by atoms with Crippen LogP contribution in [0.25, 0.3) is 0 Å². The van der Waals surface area contributed by atoms with Gasteiger partial charge in [0.25, 0.3) is 0 Å². The Morgan fingerprint density at radius 3 is 2.69 bits per heavy atom. The zero-order valence-corrected chi connectivity index (χ0v) is 10.1. The van der Waals surface area contributed by atoms with Gasteiger partial charge in [-0.05, 0) is 42.8 Å². The zero-order chi connectivity index (χ0) is 10.0. The van der Waals surface area contributed by atoms with Crippen LogP contribution >= 0.6 is 27.5 Å². The lowest BCUT2D eigenvalue weighted by Crippen LogP contribution is -2.06. The Hall–Kier alpha value is -0.280.